The molecule has 0 bridgehead atoms. The fourth-order valence-corrected chi connectivity index (χ4v) is 4.26. The van der Waals surface area contributed by atoms with Crippen molar-refractivity contribution in [2.45, 2.75) is 26.2 Å². The predicted molar refractivity (Wildman–Crippen MR) is 129 cm³/mol. The second-order valence-electron chi connectivity index (χ2n) is 7.49. The molecule has 0 spiro atoms. The van der Waals surface area contributed by atoms with Crippen molar-refractivity contribution >= 4 is 40.4 Å². The van der Waals surface area contributed by atoms with Crippen molar-refractivity contribution in [1.82, 2.24) is 5.32 Å². The molecular weight excluding hydrogens is 448 g/mol. The van der Waals surface area contributed by atoms with Gasteiger partial charge in [-0.05, 0) is 53.1 Å². The number of amides is 2. The summed E-state index contributed by atoms with van der Waals surface area (Å²) in [7, 11) is 1.61. The number of nitrogens with one attached hydrogen (secondary N) is 2. The molecule has 0 fully saturated rings. The molecule has 0 radical (unpaired) electrons. The number of carbonyl (C=O) groups excluding carboxylic acids is 2. The van der Waals surface area contributed by atoms with E-state index in [1.54, 1.807) is 24.6 Å². The van der Waals surface area contributed by atoms with Crippen LogP contribution < -0.4 is 15.4 Å². The van der Waals surface area contributed by atoms with Gasteiger partial charge in [-0.2, -0.15) is 0 Å². The molecule has 3 rings (SSSR count). The first-order valence-electron chi connectivity index (χ1n) is 10.1. The van der Waals surface area contributed by atoms with Crippen molar-refractivity contribution in [3.8, 4) is 11.5 Å². The summed E-state index contributed by atoms with van der Waals surface area (Å²) in [5.41, 5.74) is 2.32. The Balaban J connectivity index is 1.67. The lowest BCUT2D eigenvalue weighted by atomic mass is 9.99. The number of aromatic hydroxyl groups is 1. The zero-order valence-electron chi connectivity index (χ0n) is 18.1. The fraction of sp³-hybridized carbons (Fsp3) is 0.250. The summed E-state index contributed by atoms with van der Waals surface area (Å²) in [6.07, 6.45) is 0.618. The molecule has 0 aliphatic carbocycles. The van der Waals surface area contributed by atoms with Gasteiger partial charge >= 0.3 is 0 Å². The van der Waals surface area contributed by atoms with Crippen molar-refractivity contribution < 1.29 is 19.4 Å². The largest absolute Gasteiger partial charge is 0.506 e. The van der Waals surface area contributed by atoms with Crippen molar-refractivity contribution in [3.05, 3.63) is 74.4 Å². The summed E-state index contributed by atoms with van der Waals surface area (Å²) in [5, 5.41) is 17.6. The molecule has 0 unspecified atom stereocenters. The normalized spacial score (nSPS) is 10.8. The van der Waals surface area contributed by atoms with Crippen LogP contribution in [0.4, 0.5) is 5.69 Å². The molecule has 2 aromatic carbocycles. The van der Waals surface area contributed by atoms with E-state index in [0.717, 1.165) is 11.3 Å². The van der Waals surface area contributed by atoms with Crippen LogP contribution in [0, 0.1) is 0 Å². The van der Waals surface area contributed by atoms with Crippen LogP contribution in [0.2, 0.25) is 5.02 Å². The average molecular weight is 473 g/mol. The zero-order valence-corrected chi connectivity index (χ0v) is 19.6. The van der Waals surface area contributed by atoms with Crippen LogP contribution in [-0.2, 0) is 6.42 Å². The molecule has 3 aromatic rings. The maximum Gasteiger partial charge on any atom is 0.263 e. The van der Waals surface area contributed by atoms with Gasteiger partial charge in [0.1, 0.15) is 16.4 Å². The number of benzene rings is 2. The van der Waals surface area contributed by atoms with E-state index in [9.17, 15) is 14.7 Å². The van der Waals surface area contributed by atoms with E-state index >= 15 is 0 Å². The molecule has 0 atom stereocenters. The van der Waals surface area contributed by atoms with Crippen LogP contribution in [0.3, 0.4) is 0 Å². The van der Waals surface area contributed by atoms with Gasteiger partial charge in [0.2, 0.25) is 0 Å². The number of halogens is 1. The average Bonchev–Trinajstić information content (AvgIpc) is 3.23. The summed E-state index contributed by atoms with van der Waals surface area (Å²) in [4.78, 5) is 25.9. The molecule has 2 amide bonds. The lowest BCUT2D eigenvalue weighted by Gasteiger charge is -2.13. The topological polar surface area (TPSA) is 87.7 Å². The highest BCUT2D eigenvalue weighted by atomic mass is 35.5. The molecule has 0 aliphatic heterocycles. The lowest BCUT2D eigenvalue weighted by molar-refractivity contribution is 0.0959. The van der Waals surface area contributed by atoms with Gasteiger partial charge in [-0.3, -0.25) is 9.59 Å². The maximum absolute atomic E-state index is 12.8. The Morgan fingerprint density at radius 2 is 1.91 bits per heavy atom. The fourth-order valence-electron chi connectivity index (χ4n) is 3.27. The molecule has 3 N–H and O–H groups in total. The van der Waals surface area contributed by atoms with Gasteiger partial charge in [0.05, 0.1) is 17.8 Å². The Bertz CT molecular complexity index is 1130. The number of phenols is 1. The van der Waals surface area contributed by atoms with E-state index in [2.05, 4.69) is 10.6 Å². The quantitative estimate of drug-likeness (QED) is 0.406. The Morgan fingerprint density at radius 1 is 1.16 bits per heavy atom. The van der Waals surface area contributed by atoms with Crippen molar-refractivity contribution in [2.24, 2.45) is 0 Å². The minimum atomic E-state index is -0.407. The summed E-state index contributed by atoms with van der Waals surface area (Å²) in [5.74, 6) is 0.0704. The van der Waals surface area contributed by atoms with Gasteiger partial charge in [0.25, 0.3) is 11.8 Å². The van der Waals surface area contributed by atoms with Gasteiger partial charge in [-0.25, -0.2) is 0 Å². The first-order chi connectivity index (χ1) is 15.3. The molecule has 1 aromatic heterocycles. The standard InChI is InChI=1S/C24H25ClN2O4S/c1-14(2)17-12-16(13-18(25)21(17)28)23(29)27-19-9-11-32-22(19)24(30)26-10-8-15-6-4-5-7-20(15)31-3/h4-7,9,11-14,28H,8,10H2,1-3H3,(H,26,30)(H,27,29). The number of carbonyl (C=O) groups is 2. The van der Waals surface area contributed by atoms with Crippen LogP contribution in [0.25, 0.3) is 0 Å². The highest BCUT2D eigenvalue weighted by Gasteiger charge is 2.19. The van der Waals surface area contributed by atoms with Gasteiger partial charge in [0, 0.05) is 12.1 Å². The van der Waals surface area contributed by atoms with E-state index in [1.165, 1.54) is 17.4 Å². The van der Waals surface area contributed by atoms with E-state index in [1.807, 2.05) is 38.1 Å². The highest BCUT2D eigenvalue weighted by Crippen LogP contribution is 2.34. The van der Waals surface area contributed by atoms with Crippen LogP contribution in [0.5, 0.6) is 11.5 Å². The van der Waals surface area contributed by atoms with Gasteiger partial charge in [-0.1, -0.05) is 43.6 Å². The summed E-state index contributed by atoms with van der Waals surface area (Å²) in [6, 6.07) is 12.4. The van der Waals surface area contributed by atoms with Gasteiger partial charge in [-0.15, -0.1) is 11.3 Å². The number of hydrogen-bond acceptors (Lipinski definition) is 5. The van der Waals surface area contributed by atoms with Gasteiger partial charge in [0.15, 0.2) is 0 Å². The number of hydrogen-bond donors (Lipinski definition) is 3. The second kappa shape index (κ2) is 10.5. The summed E-state index contributed by atoms with van der Waals surface area (Å²) < 4.78 is 5.34. The number of methoxy groups -OCH3 is 1. The number of para-hydroxylation sites is 1. The lowest BCUT2D eigenvalue weighted by Crippen LogP contribution is -2.26. The molecule has 0 aliphatic rings. The minimum absolute atomic E-state index is 0.00836. The van der Waals surface area contributed by atoms with Gasteiger partial charge < -0.3 is 20.5 Å². The van der Waals surface area contributed by atoms with E-state index in [0.29, 0.717) is 34.7 Å². The summed E-state index contributed by atoms with van der Waals surface area (Å²) >= 11 is 7.34. The molecule has 8 heteroatoms. The molecule has 0 saturated carbocycles. The monoisotopic (exact) mass is 472 g/mol. The Morgan fingerprint density at radius 3 is 2.62 bits per heavy atom. The Labute approximate surface area is 196 Å². The third-order valence-corrected chi connectivity index (χ3v) is 6.17. The van der Waals surface area contributed by atoms with Crippen molar-refractivity contribution in [1.29, 1.82) is 0 Å². The zero-order chi connectivity index (χ0) is 23.3. The van der Waals surface area contributed by atoms with Crippen molar-refractivity contribution in [2.75, 3.05) is 19.0 Å². The van der Waals surface area contributed by atoms with E-state index in [-0.39, 0.29) is 22.6 Å². The number of ether oxygens (including phenoxy) is 1. The maximum atomic E-state index is 12.8. The van der Waals surface area contributed by atoms with Crippen molar-refractivity contribution in [3.63, 3.8) is 0 Å². The molecule has 6 nitrogen and oxygen atoms in total. The van der Waals surface area contributed by atoms with Crippen LogP contribution in [0.15, 0.2) is 47.8 Å². The van der Waals surface area contributed by atoms with Crippen LogP contribution in [0.1, 0.15) is 50.9 Å². The number of anilines is 1. The smallest absolute Gasteiger partial charge is 0.263 e. The third kappa shape index (κ3) is 5.41. The first-order valence-corrected chi connectivity index (χ1v) is 11.4. The Hall–Kier alpha value is -3.03. The predicted octanol–water partition coefficient (Wildman–Crippen LogP) is 5.46. The Kier molecular flexibility index (Phi) is 7.77. The number of phenolic OH excluding ortho intramolecular Hbond substituents is 1. The minimum Gasteiger partial charge on any atom is -0.506 e. The highest BCUT2D eigenvalue weighted by molar-refractivity contribution is 7.12. The summed E-state index contributed by atoms with van der Waals surface area (Å²) in [6.45, 7) is 4.23. The first kappa shape index (κ1) is 23.6. The molecule has 32 heavy (non-hydrogen) atoms. The molecule has 168 valence electrons. The second-order valence-corrected chi connectivity index (χ2v) is 8.81. The number of rotatable bonds is 8. The van der Waals surface area contributed by atoms with E-state index < -0.39 is 5.91 Å². The third-order valence-electron chi connectivity index (χ3n) is 4.97. The van der Waals surface area contributed by atoms with Crippen LogP contribution in [-0.4, -0.2) is 30.6 Å². The molecular formula is C24H25ClN2O4S. The molecule has 0 saturated heterocycles. The van der Waals surface area contributed by atoms with Crippen LogP contribution >= 0.6 is 22.9 Å². The number of thiophene rings is 1. The molecule has 1 heterocycles. The van der Waals surface area contributed by atoms with E-state index in [4.69, 9.17) is 16.3 Å². The SMILES string of the molecule is COc1ccccc1CCNC(=O)c1sccc1NC(=O)c1cc(Cl)c(O)c(C(C)C)c1.